The minimum Gasteiger partial charge on any atom is -0.476 e. The average molecular weight is 191 g/mol. The molecule has 0 amide bonds. The third-order valence-corrected chi connectivity index (χ3v) is 1.50. The van der Waals surface area contributed by atoms with E-state index in [0.29, 0.717) is 6.61 Å². The lowest BCUT2D eigenvalue weighted by Crippen LogP contribution is -2.03. The molecule has 1 rings (SSSR count). The van der Waals surface area contributed by atoms with Gasteiger partial charge in [0.15, 0.2) is 5.69 Å². The number of hydrogen-bond acceptors (Lipinski definition) is 3. The maximum absolute atomic E-state index is 10.4. The van der Waals surface area contributed by atoms with E-state index in [1.807, 2.05) is 0 Å². The summed E-state index contributed by atoms with van der Waals surface area (Å²) in [5, 5.41) is 8.55. The number of rotatable bonds is 3. The summed E-state index contributed by atoms with van der Waals surface area (Å²) in [5.41, 5.74) is -0.111. The third kappa shape index (κ3) is 1.50. The molecule has 1 heterocycles. The predicted molar refractivity (Wildman–Crippen MR) is 41.6 cm³/mol. The van der Waals surface area contributed by atoms with Crippen molar-refractivity contribution in [3.63, 3.8) is 0 Å². The minimum atomic E-state index is -1.14. The third-order valence-electron chi connectivity index (χ3n) is 1.17. The molecule has 0 aromatic carbocycles. The fourth-order valence-electron chi connectivity index (χ4n) is 0.683. The van der Waals surface area contributed by atoms with Crippen molar-refractivity contribution in [2.75, 3.05) is 6.61 Å². The van der Waals surface area contributed by atoms with Gasteiger partial charge >= 0.3 is 12.0 Å². The predicted octanol–water partition coefficient (Wildman–Crippen LogP) is 0.982. The first kappa shape index (κ1) is 8.86. The summed E-state index contributed by atoms with van der Waals surface area (Å²) < 4.78 is 5.79. The summed E-state index contributed by atoms with van der Waals surface area (Å²) in [4.78, 5) is 14.1. The lowest BCUT2D eigenvalue weighted by atomic mass is 10.5. The number of nitrogens with zero attached hydrogens (tertiary/aromatic N) is 2. The number of carboxylic acid groups (broad SMARTS) is 1. The van der Waals surface area contributed by atoms with Crippen molar-refractivity contribution in [2.24, 2.45) is 0 Å². The molecule has 0 bridgehead atoms. The Morgan fingerprint density at radius 1 is 1.92 bits per heavy atom. The largest absolute Gasteiger partial charge is 0.476 e. The van der Waals surface area contributed by atoms with Crippen molar-refractivity contribution >= 4 is 17.7 Å². The maximum atomic E-state index is 10.4. The van der Waals surface area contributed by atoms with Gasteiger partial charge < -0.3 is 9.84 Å². The Bertz CT molecular complexity index is 297. The van der Waals surface area contributed by atoms with Crippen molar-refractivity contribution in [1.82, 2.24) is 9.07 Å². The van der Waals surface area contributed by atoms with Crippen LogP contribution in [0.15, 0.2) is 6.20 Å². The van der Waals surface area contributed by atoms with E-state index >= 15 is 0 Å². The Kier molecular flexibility index (Phi) is 2.54. The first-order valence-electron chi connectivity index (χ1n) is 3.26. The maximum Gasteiger partial charge on any atom is 0.355 e. The van der Waals surface area contributed by atoms with Crippen LogP contribution in [-0.2, 0) is 0 Å². The van der Waals surface area contributed by atoms with Crippen LogP contribution in [0.2, 0.25) is 0 Å². The average Bonchev–Trinajstić information content (AvgIpc) is 2.34. The Labute approximate surface area is 73.6 Å². The molecular weight excluding hydrogens is 184 g/mol. The molecule has 0 radical (unpaired) electrons. The van der Waals surface area contributed by atoms with Crippen LogP contribution in [0.25, 0.3) is 0 Å². The van der Waals surface area contributed by atoms with E-state index in [2.05, 4.69) is 4.98 Å². The Morgan fingerprint density at radius 2 is 2.58 bits per heavy atom. The monoisotopic (exact) mass is 190 g/mol. The molecule has 1 aromatic heterocycles. The van der Waals surface area contributed by atoms with E-state index in [9.17, 15) is 4.79 Å². The van der Waals surface area contributed by atoms with Crippen molar-refractivity contribution in [1.29, 1.82) is 0 Å². The molecule has 0 aliphatic rings. The number of hydrogen-bond donors (Lipinski definition) is 1. The number of carboxylic acids is 1. The van der Waals surface area contributed by atoms with Gasteiger partial charge in [0.1, 0.15) is 0 Å². The van der Waals surface area contributed by atoms with Crippen molar-refractivity contribution in [3.05, 3.63) is 11.9 Å². The van der Waals surface area contributed by atoms with Gasteiger partial charge in [-0.3, -0.25) is 0 Å². The van der Waals surface area contributed by atoms with Crippen molar-refractivity contribution in [2.45, 2.75) is 6.92 Å². The molecule has 0 aliphatic carbocycles. The fourth-order valence-corrected chi connectivity index (χ4v) is 0.891. The Balaban J connectivity index is 2.96. The van der Waals surface area contributed by atoms with Gasteiger partial charge in [0.25, 0.3) is 0 Å². The number of imidazole rings is 1. The lowest BCUT2D eigenvalue weighted by Gasteiger charge is -1.99. The molecule has 0 spiro atoms. The quantitative estimate of drug-likeness (QED) is 0.772. The molecule has 5 nitrogen and oxygen atoms in total. The highest BCUT2D eigenvalue weighted by Gasteiger charge is 2.14. The second kappa shape index (κ2) is 3.44. The van der Waals surface area contributed by atoms with E-state index < -0.39 is 5.97 Å². The van der Waals surface area contributed by atoms with Crippen LogP contribution in [0, 0.1) is 0 Å². The lowest BCUT2D eigenvalue weighted by molar-refractivity contribution is 0.0688. The van der Waals surface area contributed by atoms with Crippen LogP contribution in [0.3, 0.4) is 0 Å². The summed E-state index contributed by atoms with van der Waals surface area (Å²) in [6, 6.07) is 0.0940. The van der Waals surface area contributed by atoms with E-state index in [1.54, 1.807) is 6.92 Å². The first-order chi connectivity index (χ1) is 5.66. The molecule has 1 aromatic rings. The minimum absolute atomic E-state index is 0.0940. The normalized spacial score (nSPS) is 9.83. The molecule has 0 atom stereocenters. The standard InChI is InChI=1S/C6H7ClN2O3/c1-2-12-6-8-3-4(5(10)11)9(6)7/h3H,2H2,1H3,(H,10,11). The summed E-state index contributed by atoms with van der Waals surface area (Å²) in [6.45, 7) is 2.15. The van der Waals surface area contributed by atoms with Crippen LogP contribution in [0.5, 0.6) is 6.01 Å². The molecule has 1 N–H and O–H groups in total. The SMILES string of the molecule is CCOc1ncc(C(=O)O)n1Cl. The molecule has 6 heteroatoms. The Morgan fingerprint density at radius 3 is 3.00 bits per heavy atom. The topological polar surface area (TPSA) is 64.3 Å². The van der Waals surface area contributed by atoms with Gasteiger partial charge in [0.05, 0.1) is 12.8 Å². The van der Waals surface area contributed by atoms with E-state index in [4.69, 9.17) is 21.6 Å². The molecule has 0 saturated heterocycles. The highest BCUT2D eigenvalue weighted by molar-refractivity contribution is 6.18. The van der Waals surface area contributed by atoms with Crippen molar-refractivity contribution < 1.29 is 14.6 Å². The smallest absolute Gasteiger partial charge is 0.355 e. The van der Waals surface area contributed by atoms with Gasteiger partial charge in [-0.15, -0.1) is 0 Å². The Hall–Kier alpha value is -1.23. The van der Waals surface area contributed by atoms with Crippen LogP contribution in [0.4, 0.5) is 0 Å². The zero-order valence-electron chi connectivity index (χ0n) is 6.32. The summed E-state index contributed by atoms with van der Waals surface area (Å²) in [5.74, 6) is -1.14. The second-order valence-corrected chi connectivity index (χ2v) is 2.28. The number of ether oxygens (including phenoxy) is 1. The molecular formula is C6H7ClN2O3. The summed E-state index contributed by atoms with van der Waals surface area (Å²) in [7, 11) is 0. The molecule has 66 valence electrons. The van der Waals surface area contributed by atoms with Gasteiger partial charge in [0, 0.05) is 11.8 Å². The van der Waals surface area contributed by atoms with Gasteiger partial charge in [0.2, 0.25) is 0 Å². The van der Waals surface area contributed by atoms with Crippen LogP contribution in [-0.4, -0.2) is 26.8 Å². The second-order valence-electron chi connectivity index (χ2n) is 1.95. The zero-order chi connectivity index (χ0) is 9.14. The van der Waals surface area contributed by atoms with E-state index in [0.717, 1.165) is 10.3 Å². The number of halogens is 1. The van der Waals surface area contributed by atoms with Gasteiger partial charge in [-0.25, -0.2) is 9.78 Å². The fraction of sp³-hybridized carbons (Fsp3) is 0.333. The van der Waals surface area contributed by atoms with Gasteiger partial charge in [-0.1, -0.05) is 0 Å². The van der Waals surface area contributed by atoms with Gasteiger partial charge in [-0.05, 0) is 6.92 Å². The molecule has 12 heavy (non-hydrogen) atoms. The van der Waals surface area contributed by atoms with Crippen LogP contribution < -0.4 is 4.74 Å². The number of carbonyl (C=O) groups is 1. The molecule has 0 aliphatic heterocycles. The van der Waals surface area contributed by atoms with Crippen molar-refractivity contribution in [3.8, 4) is 6.01 Å². The van der Waals surface area contributed by atoms with E-state index in [-0.39, 0.29) is 11.7 Å². The number of aromatic nitrogens is 2. The molecule has 0 fully saturated rings. The summed E-state index contributed by atoms with van der Waals surface area (Å²) >= 11 is 5.55. The van der Waals surface area contributed by atoms with E-state index in [1.165, 1.54) is 0 Å². The number of aromatic carboxylic acids is 1. The first-order valence-corrected chi connectivity index (χ1v) is 3.60. The summed E-state index contributed by atoms with van der Waals surface area (Å²) in [6.07, 6.45) is 1.14. The van der Waals surface area contributed by atoms with Crippen LogP contribution >= 0.6 is 11.8 Å². The van der Waals surface area contributed by atoms with Crippen LogP contribution in [0.1, 0.15) is 17.4 Å². The molecule has 0 saturated carbocycles. The van der Waals surface area contributed by atoms with Gasteiger partial charge in [-0.2, -0.15) is 4.09 Å². The zero-order valence-corrected chi connectivity index (χ0v) is 7.08. The highest BCUT2D eigenvalue weighted by Crippen LogP contribution is 2.14. The highest BCUT2D eigenvalue weighted by atomic mass is 35.5. The molecule has 0 unspecified atom stereocenters.